The molecule has 7 saturated heterocycles. The molecule has 0 aromatic carbocycles. The van der Waals surface area contributed by atoms with E-state index in [4.69, 9.17) is 119 Å². The number of aliphatic hydroxyl groups is 3. The first-order chi connectivity index (χ1) is 58.1. The molecule has 64 nitrogen and oxygen atoms in total. The second-order valence-electron chi connectivity index (χ2n) is 26.3. The van der Waals surface area contributed by atoms with Crippen molar-refractivity contribution in [3.05, 3.63) is 0 Å². The van der Waals surface area contributed by atoms with Crippen LogP contribution in [0.15, 0.2) is 0 Å². The van der Waals surface area contributed by atoms with E-state index in [2.05, 4.69) is 43.2 Å². The molecule has 7 fully saturated rings. The van der Waals surface area contributed by atoms with Gasteiger partial charge in [-0.15, -0.1) is 43.3 Å². The van der Waals surface area contributed by atoms with Gasteiger partial charge in [-0.05, 0) is 48.5 Å². The van der Waals surface area contributed by atoms with Crippen molar-refractivity contribution >= 4 is 134 Å². The highest BCUT2D eigenvalue weighted by molar-refractivity contribution is 7.81. The van der Waals surface area contributed by atoms with Gasteiger partial charge in [0.25, 0.3) is 0 Å². The second kappa shape index (κ2) is 52.5. The molecule has 15 N–H and O–H groups in total. The van der Waals surface area contributed by atoms with Gasteiger partial charge in [0, 0.05) is 35.5 Å². The molecule has 24 unspecified atom stereocenters. The molecule has 0 radical (unpaired) electrons. The lowest BCUT2D eigenvalue weighted by Gasteiger charge is -2.49. The SMILES string of the molecule is CC1O[C@@H](OCC2[C@H](OCC3[C@H](OC[C@@H]4C(OOS(=O)O)COC(C)[C@H]4OOS(=O)O)OC(C)[C@@H](OOS(=O)O)[C@@H]3CO[C@@H]3OC(C)[C@H](OOS(=O)O)[C@H](OS(=O)(=O)O)C3OOS(=O)O)OC(C)[C@@H](OOS(=O)O)[C@@H]2CO[C@@H]2OC(C)[C@@H](OOS(=O)O)[C@H](CO[C@@H]3OC(C)[C@H](OOS(=O)O)[C@H](O)C3OOS(=O)O)C2OOS(=O)O)C(O)[C@@H](OS(=O)(=O)O)[C@@H]1O. The number of aliphatic hydroxyl groups excluding tert-OH is 3. The molecule has 0 aromatic rings. The molecule has 124 heavy (non-hydrogen) atoms. The average molecular weight is 2070 g/mol. The first-order valence-corrected chi connectivity index (χ1v) is 47.2. The number of ether oxygens (including phenoxy) is 13. The minimum atomic E-state index is -5.79. The van der Waals surface area contributed by atoms with E-state index >= 15 is 0 Å². The van der Waals surface area contributed by atoms with Crippen LogP contribution in [0.2, 0.25) is 0 Å². The molecule has 732 valence electrons. The minimum Gasteiger partial charge on any atom is -0.388 e. The summed E-state index contributed by atoms with van der Waals surface area (Å²) in [5.74, 6) is -10.8. The molecule has 0 spiro atoms. The van der Waals surface area contributed by atoms with Crippen LogP contribution in [0.5, 0.6) is 0 Å². The maximum atomic E-state index is 12.5. The van der Waals surface area contributed by atoms with E-state index < -0.39 is 388 Å². The zero-order valence-electron chi connectivity index (χ0n) is 63.2. The van der Waals surface area contributed by atoms with E-state index in [9.17, 15) is 129 Å². The fourth-order valence-corrected chi connectivity index (χ4v) is 16.0. The Morgan fingerprint density at radius 1 is 0.258 bits per heavy atom. The Morgan fingerprint density at radius 3 is 0.935 bits per heavy atom. The second-order valence-corrected chi connectivity index (χ2v) is 34.1. The Bertz CT molecular complexity index is 3760. The van der Waals surface area contributed by atoms with Crippen LogP contribution in [0, 0.1) is 35.5 Å². The van der Waals surface area contributed by atoms with Crippen molar-refractivity contribution in [3.8, 4) is 0 Å². The summed E-state index contributed by atoms with van der Waals surface area (Å²) in [5, 5.41) is 34.0. The molecule has 0 saturated carbocycles. The molecule has 76 heteroatoms. The third-order valence-corrected chi connectivity index (χ3v) is 21.5. The molecule has 0 aromatic heterocycles. The van der Waals surface area contributed by atoms with Gasteiger partial charge in [0.05, 0.1) is 89.0 Å². The molecule has 7 rings (SSSR count). The Morgan fingerprint density at radius 2 is 0.524 bits per heavy atom. The summed E-state index contributed by atoms with van der Waals surface area (Å²) in [6, 6.07) is 0. The van der Waals surface area contributed by atoms with Crippen LogP contribution in [0.25, 0.3) is 0 Å². The zero-order valence-corrected chi connectivity index (χ0v) is 73.0. The van der Waals surface area contributed by atoms with Gasteiger partial charge in [-0.1, -0.05) is 0 Å². The molecule has 7 heterocycles. The highest BCUT2D eigenvalue weighted by Gasteiger charge is 2.59. The van der Waals surface area contributed by atoms with Crippen LogP contribution in [0.4, 0.5) is 0 Å². The number of hydrogen-bond acceptors (Lipinski definition) is 52. The predicted octanol–water partition coefficient (Wildman–Crippen LogP) is -6.34. The van der Waals surface area contributed by atoms with Gasteiger partial charge in [-0.25, -0.2) is 57.2 Å². The van der Waals surface area contributed by atoms with E-state index in [1.807, 2.05) is 0 Å². The average Bonchev–Trinajstić information content (AvgIpc) is 0.779. The Balaban J connectivity index is 1.40. The minimum absolute atomic E-state index is 0.588. The third kappa shape index (κ3) is 34.3. The molecule has 44 atom stereocenters. The summed E-state index contributed by atoms with van der Waals surface area (Å²) < 4.78 is 420. The van der Waals surface area contributed by atoms with Crippen LogP contribution < -0.4 is 0 Å². The van der Waals surface area contributed by atoms with Gasteiger partial charge in [0.1, 0.15) is 67.1 Å². The zero-order chi connectivity index (χ0) is 92.1. The molecular weight excluding hydrogens is 1990 g/mol. The van der Waals surface area contributed by atoms with Crippen molar-refractivity contribution < 1.29 is 291 Å². The van der Waals surface area contributed by atoms with Crippen LogP contribution in [0.3, 0.4) is 0 Å². The van der Waals surface area contributed by atoms with Crippen molar-refractivity contribution in [1.29, 1.82) is 0 Å². The van der Waals surface area contributed by atoms with Gasteiger partial charge in [0.15, 0.2) is 62.2 Å². The van der Waals surface area contributed by atoms with Gasteiger partial charge in [0.2, 0.25) is 0 Å². The van der Waals surface area contributed by atoms with E-state index in [1.54, 1.807) is 0 Å². The normalized spacial score (nSPS) is 40.3. The smallest absolute Gasteiger partial charge is 0.388 e. The lowest BCUT2D eigenvalue weighted by atomic mass is 9.82. The number of rotatable bonds is 52. The van der Waals surface area contributed by atoms with Crippen molar-refractivity contribution in [3.63, 3.8) is 0 Å². The van der Waals surface area contributed by atoms with Gasteiger partial charge >= 0.3 is 134 Å². The highest BCUT2D eigenvalue weighted by Crippen LogP contribution is 2.44. The van der Waals surface area contributed by atoms with Gasteiger partial charge in [-0.2, -0.15) is 58.9 Å². The summed E-state index contributed by atoms with van der Waals surface area (Å²) in [6.45, 7) is 0.847. The van der Waals surface area contributed by atoms with E-state index in [1.165, 1.54) is 13.8 Å². The van der Waals surface area contributed by atoms with Crippen LogP contribution in [-0.2, 0) is 297 Å². The monoisotopic (exact) mass is 2070 g/mol. The summed E-state index contributed by atoms with van der Waals surface area (Å²) in [7, 11) is -11.4. The van der Waals surface area contributed by atoms with E-state index in [-0.39, 0.29) is 0 Å². The summed E-state index contributed by atoms with van der Waals surface area (Å²) in [6.07, 6.45) is -55.9. The molecule has 7 aliphatic heterocycles. The van der Waals surface area contributed by atoms with E-state index in [0.29, 0.717) is 0 Å². The Hall–Kier alpha value is -0.600. The van der Waals surface area contributed by atoms with Crippen molar-refractivity contribution in [1.82, 2.24) is 0 Å². The first-order valence-electron chi connectivity index (χ1n) is 34.2. The van der Waals surface area contributed by atoms with Gasteiger partial charge in [-0.3, -0.25) is 54.6 Å². The van der Waals surface area contributed by atoms with Crippen molar-refractivity contribution in [2.24, 2.45) is 35.5 Å². The number of hydrogen-bond donors (Lipinski definition) is 15. The summed E-state index contributed by atoms with van der Waals surface area (Å²) in [5.41, 5.74) is 0. The summed E-state index contributed by atoms with van der Waals surface area (Å²) in [4.78, 5) is 51.6. The van der Waals surface area contributed by atoms with Crippen molar-refractivity contribution in [2.75, 3.05) is 46.2 Å². The fraction of sp³-hybridized carbons (Fsp3) is 1.00. The topological polar surface area (TPSA) is 865 Å². The standard InChI is InChI=1S/C48H84O64S12/c1-15-29(49)39(101-123(72,73)74)31(51)45(85-15)81-11-25-22(8-82-46-38(98-110-120(66)67)27(35(19(5)88-46)95-107-117(60)61)13-84-47-40(99-111-121(68)69)30(50)36(20(6)89-47)96-108-118(62)63)33(93-105-115(56)57)17(3)86-43(25)79-10-24-23(9-83-48-42(100-112-122(70)71)41(102-124(75,76)77)37(21(7)90-48)97-109-119(64)65)34(94-106-116(58)59)18(4)87-44(24)80-12-26-28(91-103-113(52)53)14-78-16(2)32(26)92-104-114(54)55/h15-51H,8-14H2,1-7H3,(H,52,53)(H,54,55)(H,56,57)(H,58,59)(H,60,61)(H,62,63)(H,64,65)(H,66,67)(H,68,69)(H,70,71)(H,72,73,74)(H,75,76,77)/t15?,16?,17?,18?,19?,20?,21?,22-,23-,24?,25?,26-,27+,28?,29-,30+,31?,32-,33-,34-,35-,36+,37+,38?,39+,40?,41+,42?,43-,44-,45-,46-,47-,48-/m1/s1. The van der Waals surface area contributed by atoms with Crippen LogP contribution >= 0.6 is 0 Å². The quantitative estimate of drug-likeness (QED) is 0.0117. The largest absolute Gasteiger partial charge is 0.397 e. The third-order valence-electron chi connectivity index (χ3n) is 18.6. The van der Waals surface area contributed by atoms with Crippen molar-refractivity contribution in [2.45, 2.75) is 220 Å². The highest BCUT2D eigenvalue weighted by atomic mass is 32.3. The molecule has 0 aliphatic carbocycles. The van der Waals surface area contributed by atoms with Crippen LogP contribution in [0.1, 0.15) is 48.5 Å². The maximum absolute atomic E-state index is 12.5. The van der Waals surface area contributed by atoms with E-state index in [0.717, 1.165) is 34.6 Å². The fourth-order valence-electron chi connectivity index (χ4n) is 13.4. The molecular formula is C48H84O64S12. The first kappa shape index (κ1) is 110. The lowest BCUT2D eigenvalue weighted by Crippen LogP contribution is -2.62. The molecule has 0 bridgehead atoms. The maximum Gasteiger partial charge on any atom is 0.397 e. The molecule has 0 amide bonds. The Labute approximate surface area is 723 Å². The lowest BCUT2D eigenvalue weighted by molar-refractivity contribution is -0.413. The van der Waals surface area contributed by atoms with Gasteiger partial charge < -0.3 is 76.9 Å². The summed E-state index contributed by atoms with van der Waals surface area (Å²) >= 11 is -33.4. The predicted molar refractivity (Wildman–Crippen MR) is 376 cm³/mol. The Kier molecular flexibility index (Phi) is 46.7. The van der Waals surface area contributed by atoms with Crippen LogP contribution in [-0.4, -0.2) is 347 Å². The molecule has 7 aliphatic rings.